The number of aliphatic hydroxyl groups is 1. The highest BCUT2D eigenvalue weighted by Gasteiger charge is 2.09. The summed E-state index contributed by atoms with van der Waals surface area (Å²) in [6.07, 6.45) is 1.79. The lowest BCUT2D eigenvalue weighted by atomic mass is 10.3. The van der Waals surface area contributed by atoms with E-state index in [1.54, 1.807) is 10.9 Å². The largest absolute Gasteiger partial charge is 0.390 e. The number of hydrogen-bond acceptors (Lipinski definition) is 5. The molecule has 6 nitrogen and oxygen atoms in total. The van der Waals surface area contributed by atoms with E-state index in [-0.39, 0.29) is 6.61 Å². The summed E-state index contributed by atoms with van der Waals surface area (Å²) < 4.78 is 1.79. The van der Waals surface area contributed by atoms with E-state index >= 15 is 0 Å². The molecule has 84 valence electrons. The van der Waals surface area contributed by atoms with Gasteiger partial charge < -0.3 is 10.4 Å². The van der Waals surface area contributed by atoms with Crippen LogP contribution in [0.15, 0.2) is 6.20 Å². The van der Waals surface area contributed by atoms with Gasteiger partial charge in [0, 0.05) is 32.7 Å². The van der Waals surface area contributed by atoms with Gasteiger partial charge in [0.05, 0.1) is 19.3 Å². The lowest BCUT2D eigenvalue weighted by Gasteiger charge is -2.26. The molecule has 1 aliphatic heterocycles. The Hall–Kier alpha value is -0.980. The van der Waals surface area contributed by atoms with E-state index in [1.807, 2.05) is 0 Å². The summed E-state index contributed by atoms with van der Waals surface area (Å²) in [5.41, 5.74) is 0.635. The fourth-order valence-electron chi connectivity index (χ4n) is 1.70. The van der Waals surface area contributed by atoms with Crippen LogP contribution in [0.4, 0.5) is 0 Å². The normalized spacial score (nSPS) is 18.2. The summed E-state index contributed by atoms with van der Waals surface area (Å²) in [6.45, 7) is 6.14. The third-order valence-corrected chi connectivity index (χ3v) is 2.60. The Kier molecular flexibility index (Phi) is 3.65. The molecule has 2 heterocycles. The zero-order chi connectivity index (χ0) is 10.5. The van der Waals surface area contributed by atoms with Crippen LogP contribution in [-0.2, 0) is 13.2 Å². The van der Waals surface area contributed by atoms with Crippen LogP contribution in [0.25, 0.3) is 0 Å². The van der Waals surface area contributed by atoms with Gasteiger partial charge in [-0.05, 0) is 0 Å². The van der Waals surface area contributed by atoms with Crippen molar-refractivity contribution >= 4 is 0 Å². The van der Waals surface area contributed by atoms with E-state index in [0.717, 1.165) is 39.3 Å². The number of nitrogens with zero attached hydrogens (tertiary/aromatic N) is 4. The van der Waals surface area contributed by atoms with Crippen molar-refractivity contribution in [1.29, 1.82) is 0 Å². The summed E-state index contributed by atoms with van der Waals surface area (Å²) >= 11 is 0. The van der Waals surface area contributed by atoms with E-state index in [4.69, 9.17) is 5.11 Å². The summed E-state index contributed by atoms with van der Waals surface area (Å²) in [7, 11) is 0. The second-order valence-electron chi connectivity index (χ2n) is 3.72. The van der Waals surface area contributed by atoms with E-state index in [9.17, 15) is 0 Å². The van der Waals surface area contributed by atoms with Crippen LogP contribution in [0.5, 0.6) is 0 Å². The molecular formula is C9H17N5O. The number of aliphatic hydroxyl groups excluding tert-OH is 1. The van der Waals surface area contributed by atoms with Crippen LogP contribution in [-0.4, -0.2) is 57.7 Å². The van der Waals surface area contributed by atoms with E-state index in [1.165, 1.54) is 0 Å². The lowest BCUT2D eigenvalue weighted by Crippen LogP contribution is -2.44. The van der Waals surface area contributed by atoms with Crippen LogP contribution >= 0.6 is 0 Å². The quantitative estimate of drug-likeness (QED) is 0.646. The van der Waals surface area contributed by atoms with Crippen LogP contribution in [0.3, 0.4) is 0 Å². The summed E-state index contributed by atoms with van der Waals surface area (Å²) in [5, 5.41) is 19.9. The maximum atomic E-state index is 8.83. The van der Waals surface area contributed by atoms with Crippen molar-refractivity contribution < 1.29 is 5.11 Å². The molecule has 6 heteroatoms. The van der Waals surface area contributed by atoms with Crippen molar-refractivity contribution in [3.8, 4) is 0 Å². The zero-order valence-electron chi connectivity index (χ0n) is 8.76. The third kappa shape index (κ3) is 2.98. The fourth-order valence-corrected chi connectivity index (χ4v) is 1.70. The van der Waals surface area contributed by atoms with Crippen LogP contribution in [0.1, 0.15) is 5.69 Å². The molecule has 0 radical (unpaired) electrons. The minimum atomic E-state index is -0.0341. The predicted molar refractivity (Wildman–Crippen MR) is 55.3 cm³/mol. The maximum Gasteiger partial charge on any atom is 0.108 e. The Morgan fingerprint density at radius 3 is 2.80 bits per heavy atom. The van der Waals surface area contributed by atoms with Crippen molar-refractivity contribution in [3.63, 3.8) is 0 Å². The topological polar surface area (TPSA) is 66.2 Å². The van der Waals surface area contributed by atoms with Gasteiger partial charge in [-0.15, -0.1) is 5.10 Å². The van der Waals surface area contributed by atoms with E-state index in [2.05, 4.69) is 20.5 Å². The molecular weight excluding hydrogens is 194 g/mol. The molecule has 1 saturated heterocycles. The van der Waals surface area contributed by atoms with E-state index in [0.29, 0.717) is 5.69 Å². The first-order valence-electron chi connectivity index (χ1n) is 5.31. The lowest BCUT2D eigenvalue weighted by molar-refractivity contribution is 0.228. The van der Waals surface area contributed by atoms with Crippen LogP contribution in [0.2, 0.25) is 0 Å². The minimum absolute atomic E-state index is 0.0341. The van der Waals surface area contributed by atoms with Crippen LogP contribution < -0.4 is 5.32 Å². The molecule has 0 spiro atoms. The van der Waals surface area contributed by atoms with Crippen molar-refractivity contribution in [2.45, 2.75) is 13.2 Å². The SMILES string of the molecule is OCc1cn(CCN2CCNCC2)nn1. The van der Waals surface area contributed by atoms with Gasteiger partial charge in [-0.2, -0.15) is 0 Å². The minimum Gasteiger partial charge on any atom is -0.390 e. The molecule has 0 aliphatic carbocycles. The highest BCUT2D eigenvalue weighted by molar-refractivity contribution is 4.88. The molecule has 0 saturated carbocycles. The average molecular weight is 211 g/mol. The van der Waals surface area contributed by atoms with Crippen molar-refractivity contribution in [3.05, 3.63) is 11.9 Å². The Balaban J connectivity index is 1.76. The van der Waals surface area contributed by atoms with Crippen LogP contribution in [0, 0.1) is 0 Å². The first-order chi connectivity index (χ1) is 7.38. The molecule has 1 fully saturated rings. The average Bonchev–Trinajstić information content (AvgIpc) is 2.76. The molecule has 1 aromatic rings. The second kappa shape index (κ2) is 5.20. The van der Waals surface area contributed by atoms with Gasteiger partial charge >= 0.3 is 0 Å². The summed E-state index contributed by atoms with van der Waals surface area (Å²) in [6, 6.07) is 0. The van der Waals surface area contributed by atoms with Gasteiger partial charge in [-0.3, -0.25) is 9.58 Å². The van der Waals surface area contributed by atoms with E-state index < -0.39 is 0 Å². The van der Waals surface area contributed by atoms with Gasteiger partial charge in [-0.1, -0.05) is 5.21 Å². The molecule has 0 atom stereocenters. The molecule has 0 bridgehead atoms. The second-order valence-corrected chi connectivity index (χ2v) is 3.72. The first kappa shape index (κ1) is 10.5. The Labute approximate surface area is 88.9 Å². The highest BCUT2D eigenvalue weighted by Crippen LogP contribution is 1.95. The molecule has 2 rings (SSSR count). The van der Waals surface area contributed by atoms with Crippen molar-refractivity contribution in [2.24, 2.45) is 0 Å². The monoisotopic (exact) mass is 211 g/mol. The number of piperazine rings is 1. The maximum absolute atomic E-state index is 8.83. The predicted octanol–water partition coefficient (Wildman–Crippen LogP) is -1.32. The van der Waals surface area contributed by atoms with Gasteiger partial charge in [0.1, 0.15) is 5.69 Å². The molecule has 2 N–H and O–H groups in total. The number of nitrogens with one attached hydrogen (secondary N) is 1. The molecule has 1 aromatic heterocycles. The first-order valence-corrected chi connectivity index (χ1v) is 5.31. The van der Waals surface area contributed by atoms with Gasteiger partial charge in [0.25, 0.3) is 0 Å². The number of aromatic nitrogens is 3. The molecule has 1 aliphatic rings. The summed E-state index contributed by atoms with van der Waals surface area (Å²) in [4.78, 5) is 2.40. The van der Waals surface area contributed by atoms with Gasteiger partial charge in [-0.25, -0.2) is 0 Å². The molecule has 15 heavy (non-hydrogen) atoms. The Morgan fingerprint density at radius 1 is 1.33 bits per heavy atom. The Bertz CT molecular complexity index is 294. The standard InChI is InChI=1S/C9H17N5O/c15-8-9-7-14(12-11-9)6-5-13-3-1-10-2-4-13/h7,10,15H,1-6,8H2. The smallest absolute Gasteiger partial charge is 0.108 e. The number of rotatable bonds is 4. The zero-order valence-corrected chi connectivity index (χ0v) is 8.76. The molecule has 0 amide bonds. The summed E-state index contributed by atoms with van der Waals surface area (Å²) in [5.74, 6) is 0. The number of hydrogen-bond donors (Lipinski definition) is 2. The molecule has 0 aromatic carbocycles. The van der Waals surface area contributed by atoms with Crippen molar-refractivity contribution in [1.82, 2.24) is 25.2 Å². The Morgan fingerprint density at radius 2 is 2.13 bits per heavy atom. The fraction of sp³-hybridized carbons (Fsp3) is 0.778. The molecule has 0 unspecified atom stereocenters. The van der Waals surface area contributed by atoms with Gasteiger partial charge in [0.2, 0.25) is 0 Å². The van der Waals surface area contributed by atoms with Crippen molar-refractivity contribution in [2.75, 3.05) is 32.7 Å². The third-order valence-electron chi connectivity index (χ3n) is 2.60. The van der Waals surface area contributed by atoms with Gasteiger partial charge in [0.15, 0.2) is 0 Å². The highest BCUT2D eigenvalue weighted by atomic mass is 16.3.